The lowest BCUT2D eigenvalue weighted by molar-refractivity contribution is -0.152. The molecule has 2 unspecified atom stereocenters. The molecule has 0 bridgehead atoms. The van der Waals surface area contributed by atoms with E-state index in [1.165, 1.54) is 5.56 Å². The van der Waals surface area contributed by atoms with Crippen molar-refractivity contribution in [2.24, 2.45) is 5.92 Å². The molecule has 128 valence electrons. The Kier molecular flexibility index (Phi) is 4.04. The molecule has 4 heteroatoms. The third-order valence-corrected chi connectivity index (χ3v) is 5.15. The molecule has 25 heavy (non-hydrogen) atoms. The summed E-state index contributed by atoms with van der Waals surface area (Å²) in [6.45, 7) is 2.72. The molecule has 2 aromatic carbocycles. The van der Waals surface area contributed by atoms with Crippen LogP contribution in [0.2, 0.25) is 0 Å². The number of hydrogen-bond donors (Lipinski definition) is 0. The van der Waals surface area contributed by atoms with Gasteiger partial charge in [0.2, 0.25) is 5.91 Å². The van der Waals surface area contributed by atoms with Gasteiger partial charge in [0.25, 0.3) is 0 Å². The van der Waals surface area contributed by atoms with E-state index in [0.717, 1.165) is 29.7 Å². The van der Waals surface area contributed by atoms with Gasteiger partial charge in [0.1, 0.15) is 5.92 Å². The van der Waals surface area contributed by atoms with E-state index in [1.807, 2.05) is 42.5 Å². The third-order valence-electron chi connectivity index (χ3n) is 5.15. The summed E-state index contributed by atoms with van der Waals surface area (Å²) in [5.41, 5.74) is 4.24. The fraction of sp³-hybridized carbons (Fsp3) is 0.333. The van der Waals surface area contributed by atoms with Crippen molar-refractivity contribution in [2.75, 3.05) is 18.1 Å². The third kappa shape index (κ3) is 2.53. The van der Waals surface area contributed by atoms with Gasteiger partial charge in [0.05, 0.1) is 12.3 Å². The van der Waals surface area contributed by atoms with Crippen LogP contribution in [0.15, 0.2) is 48.5 Å². The second-order valence-corrected chi connectivity index (χ2v) is 6.57. The highest BCUT2D eigenvalue weighted by molar-refractivity contribution is 6.10. The Morgan fingerprint density at radius 2 is 1.96 bits per heavy atom. The van der Waals surface area contributed by atoms with E-state index < -0.39 is 11.9 Å². The summed E-state index contributed by atoms with van der Waals surface area (Å²) in [5.74, 6) is -1.67. The Morgan fingerprint density at radius 1 is 1.16 bits per heavy atom. The molecular formula is C21H21NO3. The maximum absolute atomic E-state index is 13.2. The summed E-state index contributed by atoms with van der Waals surface area (Å²) in [7, 11) is 0. The van der Waals surface area contributed by atoms with Crippen LogP contribution >= 0.6 is 0 Å². The number of rotatable bonds is 3. The standard InChI is InChI=1S/C21H21NO3/c1-2-25-21(24)18-17(14-8-4-3-5-9-14)16-12-6-10-15-11-7-13-22(19(15)16)20(18)23/h3-6,8-10,12,17-18H,2,7,11,13H2,1H3. The average Bonchev–Trinajstić information content (AvgIpc) is 2.65. The van der Waals surface area contributed by atoms with E-state index in [2.05, 4.69) is 6.07 Å². The minimum absolute atomic E-state index is 0.132. The van der Waals surface area contributed by atoms with Gasteiger partial charge in [-0.1, -0.05) is 48.5 Å². The maximum Gasteiger partial charge on any atom is 0.319 e. The smallest absolute Gasteiger partial charge is 0.319 e. The quantitative estimate of drug-likeness (QED) is 0.639. The first-order chi connectivity index (χ1) is 12.2. The van der Waals surface area contributed by atoms with Crippen LogP contribution in [-0.2, 0) is 20.7 Å². The molecule has 0 saturated carbocycles. The maximum atomic E-state index is 13.2. The molecule has 0 fully saturated rings. The van der Waals surface area contributed by atoms with Crippen molar-refractivity contribution in [1.82, 2.24) is 0 Å². The number of para-hydroxylation sites is 1. The Bertz CT molecular complexity index is 815. The molecule has 4 rings (SSSR count). The number of ether oxygens (including phenoxy) is 1. The van der Waals surface area contributed by atoms with E-state index in [4.69, 9.17) is 4.74 Å². The molecule has 2 aliphatic rings. The number of amides is 1. The highest BCUT2D eigenvalue weighted by Crippen LogP contribution is 2.46. The monoisotopic (exact) mass is 335 g/mol. The van der Waals surface area contributed by atoms with Crippen LogP contribution in [-0.4, -0.2) is 25.0 Å². The lowest BCUT2D eigenvalue weighted by atomic mass is 9.74. The van der Waals surface area contributed by atoms with Gasteiger partial charge in [0, 0.05) is 12.5 Å². The molecule has 2 aromatic rings. The fourth-order valence-corrected chi connectivity index (χ4v) is 4.14. The summed E-state index contributed by atoms with van der Waals surface area (Å²) in [5, 5.41) is 0. The fourth-order valence-electron chi connectivity index (χ4n) is 4.14. The van der Waals surface area contributed by atoms with Gasteiger partial charge in [-0.2, -0.15) is 0 Å². The average molecular weight is 335 g/mol. The van der Waals surface area contributed by atoms with Gasteiger partial charge in [0.15, 0.2) is 0 Å². The molecule has 0 aliphatic carbocycles. The molecule has 0 spiro atoms. The zero-order valence-corrected chi connectivity index (χ0v) is 14.3. The van der Waals surface area contributed by atoms with Crippen LogP contribution in [0.4, 0.5) is 5.69 Å². The first-order valence-corrected chi connectivity index (χ1v) is 8.87. The summed E-state index contributed by atoms with van der Waals surface area (Å²) >= 11 is 0. The van der Waals surface area contributed by atoms with Crippen molar-refractivity contribution in [1.29, 1.82) is 0 Å². The van der Waals surface area contributed by atoms with E-state index in [0.29, 0.717) is 6.54 Å². The van der Waals surface area contributed by atoms with Crippen LogP contribution in [0.3, 0.4) is 0 Å². The van der Waals surface area contributed by atoms with Gasteiger partial charge in [-0.3, -0.25) is 9.59 Å². The van der Waals surface area contributed by atoms with Crippen molar-refractivity contribution in [3.8, 4) is 0 Å². The van der Waals surface area contributed by atoms with Crippen LogP contribution in [0.25, 0.3) is 0 Å². The van der Waals surface area contributed by atoms with E-state index in [-0.39, 0.29) is 18.4 Å². The molecule has 0 aromatic heterocycles. The minimum Gasteiger partial charge on any atom is -0.465 e. The van der Waals surface area contributed by atoms with Gasteiger partial charge >= 0.3 is 5.97 Å². The summed E-state index contributed by atoms with van der Waals surface area (Å²) in [4.78, 5) is 27.7. The van der Waals surface area contributed by atoms with Crippen molar-refractivity contribution >= 4 is 17.6 Å². The van der Waals surface area contributed by atoms with Crippen LogP contribution in [0, 0.1) is 5.92 Å². The van der Waals surface area contributed by atoms with E-state index >= 15 is 0 Å². The lowest BCUT2D eigenvalue weighted by Gasteiger charge is -2.41. The molecular weight excluding hydrogens is 314 g/mol. The number of aryl methyl sites for hydroxylation is 1. The molecule has 2 atom stereocenters. The second-order valence-electron chi connectivity index (χ2n) is 6.57. The van der Waals surface area contributed by atoms with Crippen molar-refractivity contribution in [3.05, 3.63) is 65.2 Å². The molecule has 0 N–H and O–H groups in total. The SMILES string of the molecule is CCOC(=O)C1C(=O)N2CCCc3cccc(c32)C1c1ccccc1. The number of carbonyl (C=O) groups is 2. The predicted octanol–water partition coefficient (Wildman–Crippen LogP) is 3.29. The Labute approximate surface area is 147 Å². The zero-order valence-electron chi connectivity index (χ0n) is 14.3. The summed E-state index contributed by atoms with van der Waals surface area (Å²) in [6, 6.07) is 16.0. The second kappa shape index (κ2) is 6.36. The number of benzene rings is 2. The van der Waals surface area contributed by atoms with Crippen LogP contribution < -0.4 is 4.90 Å². The lowest BCUT2D eigenvalue weighted by Crippen LogP contribution is -2.49. The number of anilines is 1. The first-order valence-electron chi connectivity index (χ1n) is 8.87. The van der Waals surface area contributed by atoms with Crippen LogP contribution in [0.1, 0.15) is 36.0 Å². The topological polar surface area (TPSA) is 46.6 Å². The van der Waals surface area contributed by atoms with Gasteiger partial charge in [-0.25, -0.2) is 0 Å². The minimum atomic E-state index is -0.816. The largest absolute Gasteiger partial charge is 0.465 e. The molecule has 1 amide bonds. The van der Waals surface area contributed by atoms with Crippen LogP contribution in [0.5, 0.6) is 0 Å². The number of hydrogen-bond acceptors (Lipinski definition) is 3. The highest BCUT2D eigenvalue weighted by Gasteiger charge is 2.47. The molecule has 2 aliphatic heterocycles. The van der Waals surface area contributed by atoms with Crippen molar-refractivity contribution < 1.29 is 14.3 Å². The molecule has 4 nitrogen and oxygen atoms in total. The predicted molar refractivity (Wildman–Crippen MR) is 95.5 cm³/mol. The number of carbonyl (C=O) groups excluding carboxylic acids is 2. The van der Waals surface area contributed by atoms with E-state index in [9.17, 15) is 9.59 Å². The van der Waals surface area contributed by atoms with Crippen molar-refractivity contribution in [3.63, 3.8) is 0 Å². The van der Waals surface area contributed by atoms with Gasteiger partial charge in [-0.15, -0.1) is 0 Å². The summed E-state index contributed by atoms with van der Waals surface area (Å²) in [6.07, 6.45) is 1.90. The van der Waals surface area contributed by atoms with Gasteiger partial charge < -0.3 is 9.64 Å². The van der Waals surface area contributed by atoms with Crippen molar-refractivity contribution in [2.45, 2.75) is 25.7 Å². The molecule has 0 saturated heterocycles. The molecule has 2 heterocycles. The van der Waals surface area contributed by atoms with E-state index in [1.54, 1.807) is 11.8 Å². The number of nitrogens with zero attached hydrogens (tertiary/aromatic N) is 1. The number of esters is 1. The Hall–Kier alpha value is -2.62. The summed E-state index contributed by atoms with van der Waals surface area (Å²) < 4.78 is 5.27. The highest BCUT2D eigenvalue weighted by atomic mass is 16.5. The zero-order chi connectivity index (χ0) is 17.4. The Balaban J connectivity index is 1.93. The Morgan fingerprint density at radius 3 is 2.72 bits per heavy atom. The first kappa shape index (κ1) is 15.9. The molecule has 0 radical (unpaired) electrons. The van der Waals surface area contributed by atoms with Gasteiger partial charge in [-0.05, 0) is 36.5 Å². The normalized spacial score (nSPS) is 21.6.